The van der Waals surface area contributed by atoms with Gasteiger partial charge < -0.3 is 5.11 Å². The lowest BCUT2D eigenvalue weighted by molar-refractivity contribution is -0.115. The SMILES string of the molecule is O=C(O)N(O)C1CCC1. The molecule has 1 rings (SSSR count). The van der Waals surface area contributed by atoms with E-state index in [2.05, 4.69) is 0 Å². The number of hydrogen-bond donors (Lipinski definition) is 2. The number of hydroxylamine groups is 2. The van der Waals surface area contributed by atoms with Crippen molar-refractivity contribution >= 4 is 6.09 Å². The van der Waals surface area contributed by atoms with Gasteiger partial charge in [-0.15, -0.1) is 0 Å². The Bertz CT molecular complexity index is 121. The van der Waals surface area contributed by atoms with Crippen molar-refractivity contribution in [3.63, 3.8) is 0 Å². The predicted molar refractivity (Wildman–Crippen MR) is 29.3 cm³/mol. The Kier molecular flexibility index (Phi) is 1.57. The number of amides is 1. The van der Waals surface area contributed by atoms with Crippen LogP contribution < -0.4 is 0 Å². The quantitative estimate of drug-likeness (QED) is 0.410. The second-order valence-corrected chi connectivity index (χ2v) is 2.21. The first-order valence-corrected chi connectivity index (χ1v) is 2.93. The minimum atomic E-state index is -1.25. The zero-order valence-corrected chi connectivity index (χ0v) is 4.95. The zero-order valence-electron chi connectivity index (χ0n) is 4.95. The first kappa shape index (κ1) is 6.35. The van der Waals surface area contributed by atoms with E-state index in [1.54, 1.807) is 0 Å². The van der Waals surface area contributed by atoms with Gasteiger partial charge in [-0.05, 0) is 19.3 Å². The Hall–Kier alpha value is -0.770. The van der Waals surface area contributed by atoms with Crippen LogP contribution >= 0.6 is 0 Å². The molecule has 4 heteroatoms. The van der Waals surface area contributed by atoms with E-state index in [0.717, 1.165) is 19.3 Å². The summed E-state index contributed by atoms with van der Waals surface area (Å²) in [6, 6.07) is -0.137. The molecular formula is C5H9NO3. The monoisotopic (exact) mass is 131 g/mol. The van der Waals surface area contributed by atoms with Crippen molar-refractivity contribution in [2.24, 2.45) is 0 Å². The van der Waals surface area contributed by atoms with Crippen molar-refractivity contribution in [1.29, 1.82) is 0 Å². The van der Waals surface area contributed by atoms with Gasteiger partial charge in [-0.1, -0.05) is 0 Å². The second kappa shape index (κ2) is 2.23. The zero-order chi connectivity index (χ0) is 6.85. The normalized spacial score (nSPS) is 18.8. The summed E-state index contributed by atoms with van der Waals surface area (Å²) in [5.41, 5.74) is 0. The molecule has 1 aliphatic rings. The topological polar surface area (TPSA) is 60.8 Å². The Balaban J connectivity index is 2.32. The van der Waals surface area contributed by atoms with E-state index in [1.807, 2.05) is 0 Å². The first-order valence-electron chi connectivity index (χ1n) is 2.93. The highest BCUT2D eigenvalue weighted by atomic mass is 16.6. The summed E-state index contributed by atoms with van der Waals surface area (Å²) in [4.78, 5) is 10.0. The van der Waals surface area contributed by atoms with Crippen LogP contribution in [0.2, 0.25) is 0 Å². The van der Waals surface area contributed by atoms with Crippen molar-refractivity contribution in [2.75, 3.05) is 0 Å². The third-order valence-electron chi connectivity index (χ3n) is 1.62. The van der Waals surface area contributed by atoms with Gasteiger partial charge in [0, 0.05) is 0 Å². The lowest BCUT2D eigenvalue weighted by Gasteiger charge is -2.30. The van der Waals surface area contributed by atoms with E-state index >= 15 is 0 Å². The average molecular weight is 131 g/mol. The molecule has 0 heterocycles. The van der Waals surface area contributed by atoms with Gasteiger partial charge in [0.2, 0.25) is 0 Å². The van der Waals surface area contributed by atoms with E-state index in [-0.39, 0.29) is 6.04 Å². The lowest BCUT2D eigenvalue weighted by atomic mass is 9.93. The maximum atomic E-state index is 10.0. The summed E-state index contributed by atoms with van der Waals surface area (Å²) in [7, 11) is 0. The highest BCUT2D eigenvalue weighted by Gasteiger charge is 2.26. The Morgan fingerprint density at radius 2 is 2.11 bits per heavy atom. The number of carboxylic acid groups (broad SMARTS) is 1. The molecule has 1 fully saturated rings. The van der Waals surface area contributed by atoms with Gasteiger partial charge >= 0.3 is 6.09 Å². The molecule has 52 valence electrons. The smallest absolute Gasteiger partial charge is 0.431 e. The fraction of sp³-hybridized carbons (Fsp3) is 0.800. The van der Waals surface area contributed by atoms with Crippen LogP contribution in [0.25, 0.3) is 0 Å². The van der Waals surface area contributed by atoms with Gasteiger partial charge in [0.1, 0.15) is 0 Å². The van der Waals surface area contributed by atoms with Crippen molar-refractivity contribution < 1.29 is 15.1 Å². The van der Waals surface area contributed by atoms with E-state index in [0.29, 0.717) is 5.06 Å². The average Bonchev–Trinajstić information content (AvgIpc) is 1.60. The predicted octanol–water partition coefficient (Wildman–Crippen LogP) is 0.908. The van der Waals surface area contributed by atoms with Crippen LogP contribution in [0.1, 0.15) is 19.3 Å². The highest BCUT2D eigenvalue weighted by molar-refractivity contribution is 5.63. The van der Waals surface area contributed by atoms with Crippen molar-refractivity contribution in [1.82, 2.24) is 5.06 Å². The molecule has 0 unspecified atom stereocenters. The van der Waals surface area contributed by atoms with Gasteiger partial charge in [0.15, 0.2) is 0 Å². The van der Waals surface area contributed by atoms with Crippen LogP contribution in [0.4, 0.5) is 4.79 Å². The van der Waals surface area contributed by atoms with Crippen LogP contribution in [-0.4, -0.2) is 27.5 Å². The molecule has 1 amide bonds. The second-order valence-electron chi connectivity index (χ2n) is 2.21. The van der Waals surface area contributed by atoms with Gasteiger partial charge in [-0.2, -0.15) is 5.06 Å². The summed E-state index contributed by atoms with van der Waals surface area (Å²) in [5, 5.41) is 17.3. The molecule has 9 heavy (non-hydrogen) atoms. The van der Waals surface area contributed by atoms with Crippen LogP contribution in [-0.2, 0) is 0 Å². The number of rotatable bonds is 1. The summed E-state index contributed by atoms with van der Waals surface area (Å²) in [6.45, 7) is 0. The Morgan fingerprint density at radius 1 is 1.56 bits per heavy atom. The molecule has 0 spiro atoms. The summed E-state index contributed by atoms with van der Waals surface area (Å²) >= 11 is 0. The maximum absolute atomic E-state index is 10.0. The molecule has 1 saturated carbocycles. The number of nitrogens with zero attached hydrogens (tertiary/aromatic N) is 1. The van der Waals surface area contributed by atoms with Gasteiger partial charge in [-0.25, -0.2) is 4.79 Å². The van der Waals surface area contributed by atoms with E-state index in [1.165, 1.54) is 0 Å². The van der Waals surface area contributed by atoms with Crippen LogP contribution in [0.5, 0.6) is 0 Å². The molecule has 0 aromatic carbocycles. The van der Waals surface area contributed by atoms with Crippen LogP contribution in [0, 0.1) is 0 Å². The minimum Gasteiger partial charge on any atom is -0.463 e. The van der Waals surface area contributed by atoms with Crippen molar-refractivity contribution in [3.05, 3.63) is 0 Å². The molecule has 4 nitrogen and oxygen atoms in total. The fourth-order valence-electron chi connectivity index (χ4n) is 0.787. The number of hydrogen-bond acceptors (Lipinski definition) is 2. The van der Waals surface area contributed by atoms with Crippen molar-refractivity contribution in [3.8, 4) is 0 Å². The van der Waals surface area contributed by atoms with Crippen LogP contribution in [0.3, 0.4) is 0 Å². The third kappa shape index (κ3) is 1.13. The summed E-state index contributed by atoms with van der Waals surface area (Å²) in [5.74, 6) is 0. The van der Waals surface area contributed by atoms with E-state index in [4.69, 9.17) is 10.3 Å². The minimum absolute atomic E-state index is 0.137. The molecule has 1 aliphatic carbocycles. The molecule has 0 bridgehead atoms. The molecule has 0 saturated heterocycles. The lowest BCUT2D eigenvalue weighted by Crippen LogP contribution is -2.40. The highest BCUT2D eigenvalue weighted by Crippen LogP contribution is 2.22. The summed E-state index contributed by atoms with van der Waals surface area (Å²) in [6.07, 6.45) is 1.36. The first-order chi connectivity index (χ1) is 4.22. The Labute approximate surface area is 52.7 Å². The fourth-order valence-corrected chi connectivity index (χ4v) is 0.787. The molecule has 0 aliphatic heterocycles. The number of carbonyl (C=O) groups is 1. The van der Waals surface area contributed by atoms with Gasteiger partial charge in [0.05, 0.1) is 6.04 Å². The molecule has 2 N–H and O–H groups in total. The van der Waals surface area contributed by atoms with E-state index < -0.39 is 6.09 Å². The van der Waals surface area contributed by atoms with Crippen molar-refractivity contribution in [2.45, 2.75) is 25.3 Å². The molecule has 0 aromatic heterocycles. The third-order valence-corrected chi connectivity index (χ3v) is 1.62. The largest absolute Gasteiger partial charge is 0.463 e. The van der Waals surface area contributed by atoms with Gasteiger partial charge in [-0.3, -0.25) is 5.21 Å². The maximum Gasteiger partial charge on any atom is 0.431 e. The Morgan fingerprint density at radius 3 is 2.22 bits per heavy atom. The van der Waals surface area contributed by atoms with E-state index in [9.17, 15) is 4.79 Å². The molecule has 0 radical (unpaired) electrons. The van der Waals surface area contributed by atoms with Gasteiger partial charge in [0.25, 0.3) is 0 Å². The molecule has 0 atom stereocenters. The summed E-state index contributed by atoms with van der Waals surface area (Å²) < 4.78 is 0. The standard InChI is InChI=1S/C5H9NO3/c7-5(8)6(9)4-2-1-3-4/h4,9H,1-3H2,(H,7,8). The molecule has 0 aromatic rings. The molecular weight excluding hydrogens is 122 g/mol. The van der Waals surface area contributed by atoms with Crippen LogP contribution in [0.15, 0.2) is 0 Å².